The largest absolute Gasteiger partial charge is 0.277 e. The molecule has 1 aliphatic carbocycles. The van der Waals surface area contributed by atoms with Crippen LogP contribution in [0.1, 0.15) is 26.3 Å². The van der Waals surface area contributed by atoms with E-state index in [0.29, 0.717) is 17.0 Å². The molecule has 112 valence electrons. The molecule has 3 heteroatoms. The van der Waals surface area contributed by atoms with E-state index < -0.39 is 0 Å². The third kappa shape index (κ3) is 2.05. The fourth-order valence-corrected chi connectivity index (χ4v) is 3.18. The first kappa shape index (κ1) is 13.7. The lowest BCUT2D eigenvalue weighted by Crippen LogP contribution is -2.36. The van der Waals surface area contributed by atoms with Gasteiger partial charge in [0, 0.05) is 29.5 Å². The molecule has 4 rings (SSSR count). The third-order valence-electron chi connectivity index (χ3n) is 4.42. The minimum absolute atomic E-state index is 0.240. The SMILES string of the molecule is CN1C(=O)c2cccc3c(/C=C/C4C=CC=C4)ccc(c23)C1=O. The van der Waals surface area contributed by atoms with Gasteiger partial charge in [-0.05, 0) is 23.1 Å². The van der Waals surface area contributed by atoms with E-state index in [1.54, 1.807) is 6.07 Å². The van der Waals surface area contributed by atoms with Crippen molar-refractivity contribution < 1.29 is 9.59 Å². The van der Waals surface area contributed by atoms with Crippen LogP contribution < -0.4 is 0 Å². The molecule has 2 aromatic carbocycles. The lowest BCUT2D eigenvalue weighted by atomic mass is 9.91. The summed E-state index contributed by atoms with van der Waals surface area (Å²) in [6, 6.07) is 9.38. The molecule has 3 nitrogen and oxygen atoms in total. The maximum atomic E-state index is 12.4. The normalized spacial score (nSPS) is 17.2. The van der Waals surface area contributed by atoms with Gasteiger partial charge in [-0.2, -0.15) is 0 Å². The number of carbonyl (C=O) groups is 2. The summed E-state index contributed by atoms with van der Waals surface area (Å²) in [6.45, 7) is 0. The van der Waals surface area contributed by atoms with E-state index in [-0.39, 0.29) is 11.8 Å². The van der Waals surface area contributed by atoms with Gasteiger partial charge in [-0.1, -0.05) is 54.7 Å². The lowest BCUT2D eigenvalue weighted by Gasteiger charge is -2.24. The van der Waals surface area contributed by atoms with Crippen LogP contribution in [0.2, 0.25) is 0 Å². The number of nitrogens with zero attached hydrogens (tertiary/aromatic N) is 1. The molecule has 0 saturated carbocycles. The van der Waals surface area contributed by atoms with Crippen molar-refractivity contribution >= 4 is 28.7 Å². The molecule has 1 heterocycles. The molecule has 2 aromatic rings. The van der Waals surface area contributed by atoms with Gasteiger partial charge in [-0.25, -0.2) is 0 Å². The van der Waals surface area contributed by atoms with Crippen molar-refractivity contribution in [3.8, 4) is 0 Å². The first-order valence-corrected chi connectivity index (χ1v) is 7.58. The van der Waals surface area contributed by atoms with E-state index in [9.17, 15) is 9.59 Å². The van der Waals surface area contributed by atoms with E-state index >= 15 is 0 Å². The van der Waals surface area contributed by atoms with Crippen molar-refractivity contribution in [3.63, 3.8) is 0 Å². The number of carbonyl (C=O) groups excluding carboxylic acids is 2. The Morgan fingerprint density at radius 1 is 0.957 bits per heavy atom. The predicted molar refractivity (Wildman–Crippen MR) is 91.2 cm³/mol. The summed E-state index contributed by atoms with van der Waals surface area (Å²) < 4.78 is 0. The first-order valence-electron chi connectivity index (χ1n) is 7.58. The summed E-state index contributed by atoms with van der Waals surface area (Å²) in [7, 11) is 1.53. The van der Waals surface area contributed by atoms with Crippen LogP contribution in [0.15, 0.2) is 60.7 Å². The van der Waals surface area contributed by atoms with E-state index in [1.165, 1.54) is 11.9 Å². The zero-order chi connectivity index (χ0) is 16.0. The smallest absolute Gasteiger partial charge is 0.261 e. The maximum Gasteiger partial charge on any atom is 0.261 e. The van der Waals surface area contributed by atoms with Crippen molar-refractivity contribution in [2.24, 2.45) is 5.92 Å². The van der Waals surface area contributed by atoms with Crippen LogP contribution in [-0.2, 0) is 0 Å². The second-order valence-electron chi connectivity index (χ2n) is 5.81. The van der Waals surface area contributed by atoms with Crippen LogP contribution in [0, 0.1) is 5.92 Å². The average Bonchev–Trinajstić information content (AvgIpc) is 3.09. The van der Waals surface area contributed by atoms with Crippen molar-refractivity contribution in [3.05, 3.63) is 77.4 Å². The molecule has 0 unspecified atom stereocenters. The van der Waals surface area contributed by atoms with Gasteiger partial charge in [0.1, 0.15) is 0 Å². The van der Waals surface area contributed by atoms with Gasteiger partial charge >= 0.3 is 0 Å². The Morgan fingerprint density at radius 2 is 1.65 bits per heavy atom. The summed E-state index contributed by atoms with van der Waals surface area (Å²) in [6.07, 6.45) is 12.5. The predicted octanol–water partition coefficient (Wildman–Crippen LogP) is 3.82. The summed E-state index contributed by atoms with van der Waals surface area (Å²) in [5.41, 5.74) is 2.20. The molecule has 0 saturated heterocycles. The average molecular weight is 301 g/mol. The topological polar surface area (TPSA) is 37.4 Å². The van der Waals surface area contributed by atoms with E-state index in [0.717, 1.165) is 16.3 Å². The molecule has 2 aliphatic rings. The molecule has 23 heavy (non-hydrogen) atoms. The van der Waals surface area contributed by atoms with Crippen LogP contribution in [0.25, 0.3) is 16.8 Å². The molecule has 0 spiro atoms. The van der Waals surface area contributed by atoms with Crippen molar-refractivity contribution in [1.82, 2.24) is 4.90 Å². The van der Waals surface area contributed by atoms with Gasteiger partial charge in [-0.15, -0.1) is 0 Å². The van der Waals surface area contributed by atoms with E-state index in [2.05, 4.69) is 24.3 Å². The van der Waals surface area contributed by atoms with Gasteiger partial charge in [0.05, 0.1) is 0 Å². The van der Waals surface area contributed by atoms with Crippen LogP contribution in [-0.4, -0.2) is 23.8 Å². The highest BCUT2D eigenvalue weighted by atomic mass is 16.2. The van der Waals surface area contributed by atoms with Crippen molar-refractivity contribution in [2.75, 3.05) is 7.05 Å². The molecule has 1 aliphatic heterocycles. The Hall–Kier alpha value is -2.94. The highest BCUT2D eigenvalue weighted by molar-refractivity contribution is 6.26. The Balaban J connectivity index is 1.91. The summed E-state index contributed by atoms with van der Waals surface area (Å²) >= 11 is 0. The lowest BCUT2D eigenvalue weighted by molar-refractivity contribution is 0.0650. The molecule has 0 atom stereocenters. The summed E-state index contributed by atoms with van der Waals surface area (Å²) in [5.74, 6) is -0.179. The van der Waals surface area contributed by atoms with Gasteiger partial charge in [0.25, 0.3) is 11.8 Å². The molecule has 0 fully saturated rings. The number of amides is 2. The molecule has 0 bridgehead atoms. The summed E-state index contributed by atoms with van der Waals surface area (Å²) in [4.78, 5) is 25.9. The second kappa shape index (κ2) is 5.06. The van der Waals surface area contributed by atoms with Crippen molar-refractivity contribution in [2.45, 2.75) is 0 Å². The standard InChI is InChI=1S/C20H15NO2/c1-21-19(22)16-8-4-7-15-14(10-9-13-5-2-3-6-13)11-12-17(18(15)16)20(21)23/h2-13H,1H3/b10-9+. The maximum absolute atomic E-state index is 12.4. The minimum atomic E-state index is -0.240. The quantitative estimate of drug-likeness (QED) is 0.791. The minimum Gasteiger partial charge on any atom is -0.277 e. The fraction of sp³-hybridized carbons (Fsp3) is 0.100. The number of hydrogen-bond donors (Lipinski definition) is 0. The number of allylic oxidation sites excluding steroid dienone is 5. The van der Waals surface area contributed by atoms with Gasteiger partial charge < -0.3 is 0 Å². The monoisotopic (exact) mass is 301 g/mol. The first-order chi connectivity index (χ1) is 11.2. The molecule has 2 amide bonds. The van der Waals surface area contributed by atoms with E-state index in [4.69, 9.17) is 0 Å². The number of benzene rings is 2. The number of rotatable bonds is 2. The van der Waals surface area contributed by atoms with Crippen LogP contribution in [0.4, 0.5) is 0 Å². The van der Waals surface area contributed by atoms with Crippen LogP contribution in [0.5, 0.6) is 0 Å². The zero-order valence-corrected chi connectivity index (χ0v) is 12.7. The molecule has 0 aromatic heterocycles. The van der Waals surface area contributed by atoms with Crippen molar-refractivity contribution in [1.29, 1.82) is 0 Å². The Morgan fingerprint density at radius 3 is 2.39 bits per heavy atom. The van der Waals surface area contributed by atoms with Gasteiger partial charge in [-0.3, -0.25) is 14.5 Å². The highest BCUT2D eigenvalue weighted by Crippen LogP contribution is 2.32. The third-order valence-corrected chi connectivity index (χ3v) is 4.42. The van der Waals surface area contributed by atoms with Crippen LogP contribution >= 0.6 is 0 Å². The fourth-order valence-electron chi connectivity index (χ4n) is 3.18. The number of imide groups is 1. The number of hydrogen-bond acceptors (Lipinski definition) is 2. The zero-order valence-electron chi connectivity index (χ0n) is 12.7. The molecule has 0 N–H and O–H groups in total. The molecular formula is C20H15NO2. The Labute approximate surface area is 134 Å². The molecule has 0 radical (unpaired) electrons. The van der Waals surface area contributed by atoms with Gasteiger partial charge in [0.2, 0.25) is 0 Å². The second-order valence-corrected chi connectivity index (χ2v) is 5.81. The Kier molecular flexibility index (Phi) is 3.01. The highest BCUT2D eigenvalue weighted by Gasteiger charge is 2.30. The van der Waals surface area contributed by atoms with Crippen LogP contribution in [0.3, 0.4) is 0 Å². The molecular weight excluding hydrogens is 286 g/mol. The van der Waals surface area contributed by atoms with Gasteiger partial charge in [0.15, 0.2) is 0 Å². The van der Waals surface area contributed by atoms with E-state index in [1.807, 2.05) is 36.4 Å². The Bertz CT molecular complexity index is 900. The summed E-state index contributed by atoms with van der Waals surface area (Å²) in [5, 5.41) is 1.71.